The maximum absolute atomic E-state index is 13.9. The lowest BCUT2D eigenvalue weighted by Crippen LogP contribution is -2.50. The Morgan fingerprint density at radius 2 is 1.72 bits per heavy atom. The number of piperazine rings is 1. The predicted molar refractivity (Wildman–Crippen MR) is 95.0 cm³/mol. The Hall–Kier alpha value is -2.63. The molecule has 3 rings (SSSR count). The van der Waals surface area contributed by atoms with E-state index in [0.29, 0.717) is 31.9 Å². The molecule has 1 fully saturated rings. The molecule has 0 aliphatic carbocycles. The lowest BCUT2D eigenvalue weighted by Gasteiger charge is -2.36. The highest BCUT2D eigenvalue weighted by molar-refractivity contribution is 5.89. The van der Waals surface area contributed by atoms with Crippen molar-refractivity contribution in [1.29, 1.82) is 0 Å². The van der Waals surface area contributed by atoms with Crippen LogP contribution in [0.25, 0.3) is 0 Å². The number of nitrogens with zero attached hydrogens (tertiary/aromatic N) is 2. The number of urea groups is 1. The first-order valence-electron chi connectivity index (χ1n) is 8.41. The van der Waals surface area contributed by atoms with Gasteiger partial charge in [0.1, 0.15) is 11.6 Å². The van der Waals surface area contributed by atoms with Gasteiger partial charge in [-0.3, -0.25) is 0 Å². The van der Waals surface area contributed by atoms with Gasteiger partial charge in [-0.25, -0.2) is 13.6 Å². The summed E-state index contributed by atoms with van der Waals surface area (Å²) in [6, 6.07) is 11.2. The van der Waals surface area contributed by atoms with Crippen LogP contribution < -0.4 is 10.2 Å². The zero-order valence-corrected chi connectivity index (χ0v) is 14.1. The Kier molecular flexibility index (Phi) is 5.16. The molecular weight excluding hydrogens is 324 g/mol. The van der Waals surface area contributed by atoms with E-state index in [1.54, 1.807) is 4.90 Å². The predicted octanol–water partition coefficient (Wildman–Crippen LogP) is 3.88. The van der Waals surface area contributed by atoms with E-state index in [1.165, 1.54) is 17.7 Å². The summed E-state index contributed by atoms with van der Waals surface area (Å²) in [7, 11) is 0. The van der Waals surface area contributed by atoms with Gasteiger partial charge in [0.25, 0.3) is 0 Å². The Morgan fingerprint density at radius 3 is 2.32 bits per heavy atom. The van der Waals surface area contributed by atoms with Crippen molar-refractivity contribution in [1.82, 2.24) is 4.90 Å². The first-order valence-corrected chi connectivity index (χ1v) is 8.41. The Bertz CT molecular complexity index is 741. The molecule has 4 nitrogen and oxygen atoms in total. The first kappa shape index (κ1) is 17.2. The number of anilines is 2. The van der Waals surface area contributed by atoms with Gasteiger partial charge < -0.3 is 15.1 Å². The maximum Gasteiger partial charge on any atom is 0.321 e. The topological polar surface area (TPSA) is 35.6 Å². The van der Waals surface area contributed by atoms with Gasteiger partial charge in [0, 0.05) is 37.9 Å². The summed E-state index contributed by atoms with van der Waals surface area (Å²) in [5.41, 5.74) is 2.35. The monoisotopic (exact) mass is 345 g/mol. The summed E-state index contributed by atoms with van der Waals surface area (Å²) in [6.07, 6.45) is 0.954. The molecule has 2 amide bonds. The number of hydrogen-bond acceptors (Lipinski definition) is 2. The van der Waals surface area contributed by atoms with Crippen LogP contribution in [-0.4, -0.2) is 37.1 Å². The van der Waals surface area contributed by atoms with Crippen molar-refractivity contribution in [3.05, 3.63) is 59.7 Å². The highest BCUT2D eigenvalue weighted by atomic mass is 19.1. The summed E-state index contributed by atoms with van der Waals surface area (Å²) >= 11 is 0. The number of rotatable bonds is 3. The summed E-state index contributed by atoms with van der Waals surface area (Å²) in [5.74, 6) is -1.16. The molecule has 0 bridgehead atoms. The fourth-order valence-electron chi connectivity index (χ4n) is 2.91. The number of carbonyl (C=O) groups excluding carboxylic acids is 1. The first-order chi connectivity index (χ1) is 12.1. The minimum absolute atomic E-state index is 0.163. The number of carbonyl (C=O) groups is 1. The second-order valence-electron chi connectivity index (χ2n) is 6.05. The van der Waals surface area contributed by atoms with Crippen molar-refractivity contribution in [2.24, 2.45) is 0 Å². The van der Waals surface area contributed by atoms with Crippen molar-refractivity contribution >= 4 is 17.4 Å². The molecule has 0 spiro atoms. The van der Waals surface area contributed by atoms with E-state index in [-0.39, 0.29) is 6.03 Å². The van der Waals surface area contributed by atoms with E-state index in [1.807, 2.05) is 29.2 Å². The maximum atomic E-state index is 13.9. The lowest BCUT2D eigenvalue weighted by atomic mass is 10.1. The third-order valence-electron chi connectivity index (χ3n) is 4.43. The number of benzene rings is 2. The molecule has 2 aromatic rings. The molecule has 1 heterocycles. The van der Waals surface area contributed by atoms with Gasteiger partial charge >= 0.3 is 6.03 Å². The van der Waals surface area contributed by atoms with Crippen LogP contribution in [0.3, 0.4) is 0 Å². The summed E-state index contributed by atoms with van der Waals surface area (Å²) in [4.78, 5) is 15.9. The van der Waals surface area contributed by atoms with Gasteiger partial charge in [0.2, 0.25) is 0 Å². The van der Waals surface area contributed by atoms with E-state index < -0.39 is 11.6 Å². The molecule has 0 aromatic heterocycles. The number of aryl methyl sites for hydroxylation is 1. The molecule has 132 valence electrons. The molecule has 2 aromatic carbocycles. The number of halogens is 2. The van der Waals surface area contributed by atoms with Gasteiger partial charge in [-0.2, -0.15) is 0 Å². The standard InChI is InChI=1S/C19H21F2N3O/c1-2-14-3-6-16(7-4-14)22-19(25)24-11-9-23(10-12-24)18-8-5-15(20)13-17(18)21/h3-8,13H,2,9-12H2,1H3,(H,22,25). The van der Waals surface area contributed by atoms with Crippen molar-refractivity contribution in [3.8, 4) is 0 Å². The van der Waals surface area contributed by atoms with Crippen LogP contribution in [0.5, 0.6) is 0 Å². The van der Waals surface area contributed by atoms with Crippen molar-refractivity contribution < 1.29 is 13.6 Å². The molecule has 1 aliphatic heterocycles. The molecular formula is C19H21F2N3O. The zero-order valence-electron chi connectivity index (χ0n) is 14.1. The minimum Gasteiger partial charge on any atom is -0.366 e. The molecule has 1 N–H and O–H groups in total. The highest BCUT2D eigenvalue weighted by Crippen LogP contribution is 2.22. The smallest absolute Gasteiger partial charge is 0.321 e. The van der Waals surface area contributed by atoms with E-state index >= 15 is 0 Å². The van der Waals surface area contributed by atoms with Crippen LogP contribution in [0.4, 0.5) is 25.0 Å². The Balaban J connectivity index is 1.56. The quantitative estimate of drug-likeness (QED) is 0.916. The number of hydrogen-bond donors (Lipinski definition) is 1. The average molecular weight is 345 g/mol. The third kappa shape index (κ3) is 4.07. The summed E-state index contributed by atoms with van der Waals surface area (Å²) in [5, 5.41) is 2.88. The van der Waals surface area contributed by atoms with E-state index in [0.717, 1.165) is 18.2 Å². The van der Waals surface area contributed by atoms with Gasteiger partial charge in [0.15, 0.2) is 0 Å². The normalized spacial score (nSPS) is 14.5. The van der Waals surface area contributed by atoms with Crippen molar-refractivity contribution in [2.75, 3.05) is 36.4 Å². The lowest BCUT2D eigenvalue weighted by molar-refractivity contribution is 0.208. The minimum atomic E-state index is -0.589. The number of nitrogens with one attached hydrogen (secondary N) is 1. The highest BCUT2D eigenvalue weighted by Gasteiger charge is 2.23. The molecule has 25 heavy (non-hydrogen) atoms. The largest absolute Gasteiger partial charge is 0.366 e. The molecule has 0 saturated carbocycles. The van der Waals surface area contributed by atoms with Gasteiger partial charge in [0.05, 0.1) is 5.69 Å². The molecule has 6 heteroatoms. The van der Waals surface area contributed by atoms with Crippen LogP contribution in [0.2, 0.25) is 0 Å². The molecule has 0 radical (unpaired) electrons. The van der Waals surface area contributed by atoms with E-state index in [2.05, 4.69) is 12.2 Å². The number of amides is 2. The van der Waals surface area contributed by atoms with E-state index in [9.17, 15) is 13.6 Å². The van der Waals surface area contributed by atoms with Gasteiger partial charge in [-0.1, -0.05) is 19.1 Å². The Labute approximate surface area is 146 Å². The average Bonchev–Trinajstić information content (AvgIpc) is 2.62. The molecule has 0 atom stereocenters. The van der Waals surface area contributed by atoms with E-state index in [4.69, 9.17) is 0 Å². The van der Waals surface area contributed by atoms with Crippen LogP contribution >= 0.6 is 0 Å². The second kappa shape index (κ2) is 7.51. The van der Waals surface area contributed by atoms with Gasteiger partial charge in [-0.15, -0.1) is 0 Å². The molecule has 1 saturated heterocycles. The zero-order chi connectivity index (χ0) is 17.8. The fraction of sp³-hybridized carbons (Fsp3) is 0.316. The van der Waals surface area contributed by atoms with Crippen LogP contribution in [0.1, 0.15) is 12.5 Å². The third-order valence-corrected chi connectivity index (χ3v) is 4.43. The molecule has 0 unspecified atom stereocenters. The fourth-order valence-corrected chi connectivity index (χ4v) is 2.91. The second-order valence-corrected chi connectivity index (χ2v) is 6.05. The molecule has 1 aliphatic rings. The van der Waals surface area contributed by atoms with Crippen LogP contribution in [0, 0.1) is 11.6 Å². The SMILES string of the molecule is CCc1ccc(NC(=O)N2CCN(c3ccc(F)cc3F)CC2)cc1. The van der Waals surface area contributed by atoms with Crippen LogP contribution in [0.15, 0.2) is 42.5 Å². The van der Waals surface area contributed by atoms with Crippen LogP contribution in [-0.2, 0) is 6.42 Å². The summed E-state index contributed by atoms with van der Waals surface area (Å²) in [6.45, 7) is 4.05. The Morgan fingerprint density at radius 1 is 1.04 bits per heavy atom. The summed E-state index contributed by atoms with van der Waals surface area (Å²) < 4.78 is 26.9. The van der Waals surface area contributed by atoms with Gasteiger partial charge in [-0.05, 0) is 36.2 Å². The van der Waals surface area contributed by atoms with Crippen molar-refractivity contribution in [3.63, 3.8) is 0 Å². The van der Waals surface area contributed by atoms with Crippen molar-refractivity contribution in [2.45, 2.75) is 13.3 Å².